The highest BCUT2D eigenvalue weighted by molar-refractivity contribution is 6.16. The van der Waals surface area contributed by atoms with Crippen molar-refractivity contribution in [2.75, 3.05) is 13.2 Å². The summed E-state index contributed by atoms with van der Waals surface area (Å²) in [7, 11) is 0. The summed E-state index contributed by atoms with van der Waals surface area (Å²) in [5.41, 5.74) is 6.35. The van der Waals surface area contributed by atoms with Crippen LogP contribution in [0, 0.1) is 6.92 Å². The van der Waals surface area contributed by atoms with E-state index >= 15 is 0 Å². The Bertz CT molecular complexity index is 1520. The molecule has 0 N–H and O–H groups in total. The molecule has 0 fully saturated rings. The number of nitrogens with zero attached hydrogens (tertiary/aromatic N) is 2. The van der Waals surface area contributed by atoms with Crippen molar-refractivity contribution < 1.29 is 14.3 Å². The Morgan fingerprint density at radius 2 is 1.57 bits per heavy atom. The summed E-state index contributed by atoms with van der Waals surface area (Å²) in [6.45, 7) is 13.1. The van der Waals surface area contributed by atoms with Gasteiger partial charge >= 0.3 is 0 Å². The highest BCUT2D eigenvalue weighted by Crippen LogP contribution is 2.32. The fraction of sp³-hybridized carbons (Fsp3) is 0.281. The molecule has 0 saturated heterocycles. The average molecular weight is 495 g/mol. The van der Waals surface area contributed by atoms with Gasteiger partial charge in [-0.05, 0) is 75.6 Å². The minimum Gasteiger partial charge on any atom is -0.499 e. The molecule has 0 unspecified atom stereocenters. The summed E-state index contributed by atoms with van der Waals surface area (Å²) in [6.07, 6.45) is 1.26. The lowest BCUT2D eigenvalue weighted by molar-refractivity contribution is -0.115. The zero-order valence-electron chi connectivity index (χ0n) is 22.1. The first kappa shape index (κ1) is 26.1. The van der Waals surface area contributed by atoms with Crippen LogP contribution in [0.5, 0.6) is 0 Å². The molecule has 0 amide bonds. The van der Waals surface area contributed by atoms with Crippen molar-refractivity contribution in [3.8, 4) is 0 Å². The predicted octanol–water partition coefficient (Wildman–Crippen LogP) is 7.06. The van der Waals surface area contributed by atoms with Gasteiger partial charge in [0.15, 0.2) is 11.6 Å². The van der Waals surface area contributed by atoms with Crippen LogP contribution in [0.25, 0.3) is 21.8 Å². The molecule has 0 aliphatic rings. The Hall–Kier alpha value is -3.99. The van der Waals surface area contributed by atoms with Gasteiger partial charge in [-0.2, -0.15) is 0 Å². The maximum absolute atomic E-state index is 13.4. The lowest BCUT2D eigenvalue weighted by Crippen LogP contribution is -2.07. The number of ether oxygens (including phenoxy) is 1. The first-order valence-electron chi connectivity index (χ1n) is 12.8. The minimum atomic E-state index is 0.0177. The normalized spacial score (nSPS) is 11.7. The second kappa shape index (κ2) is 11.4. The summed E-state index contributed by atoms with van der Waals surface area (Å²) < 4.78 is 7.79. The molecule has 1 heterocycles. The van der Waals surface area contributed by atoms with Crippen LogP contribution in [0.3, 0.4) is 0 Å². The Labute approximate surface area is 218 Å². The van der Waals surface area contributed by atoms with Gasteiger partial charge in [0.25, 0.3) is 0 Å². The fourth-order valence-electron chi connectivity index (χ4n) is 4.80. The fourth-order valence-corrected chi connectivity index (χ4v) is 4.80. The Morgan fingerprint density at radius 1 is 0.919 bits per heavy atom. The molecule has 5 heteroatoms. The van der Waals surface area contributed by atoms with Crippen LogP contribution in [0.4, 0.5) is 0 Å². The molecule has 4 aromatic rings. The van der Waals surface area contributed by atoms with E-state index in [1.807, 2.05) is 56.3 Å². The number of hydrogen-bond donors (Lipinski definition) is 0. The maximum atomic E-state index is 13.4. The quantitative estimate of drug-likeness (QED) is 0.127. The number of fused-ring (bicyclic) bond motifs is 3. The zero-order valence-corrected chi connectivity index (χ0v) is 22.1. The summed E-state index contributed by atoms with van der Waals surface area (Å²) >= 11 is 0. The number of aliphatic imine (C=N–C) groups is 1. The monoisotopic (exact) mass is 494 g/mol. The van der Waals surface area contributed by atoms with Gasteiger partial charge in [-0.25, -0.2) is 0 Å². The molecule has 0 bridgehead atoms. The molecular weight excluding hydrogens is 460 g/mol. The van der Waals surface area contributed by atoms with E-state index in [0.29, 0.717) is 30.8 Å². The van der Waals surface area contributed by atoms with Crippen LogP contribution >= 0.6 is 0 Å². The van der Waals surface area contributed by atoms with Crippen LogP contribution in [0.15, 0.2) is 78.0 Å². The second-order valence-electron chi connectivity index (χ2n) is 9.29. The molecule has 190 valence electrons. The van der Waals surface area contributed by atoms with E-state index in [-0.39, 0.29) is 18.1 Å². The summed E-state index contributed by atoms with van der Waals surface area (Å²) in [4.78, 5) is 29.7. The van der Waals surface area contributed by atoms with Crippen molar-refractivity contribution in [3.63, 3.8) is 0 Å². The molecule has 3 aromatic carbocycles. The SMILES string of the molecule is C=C(CCC(=NCC(C)=O)c1ccc2c(c1)c1cc(C(=O)c3ccccc3C)ccc1n2CC)OCC. The third-order valence-electron chi connectivity index (χ3n) is 6.65. The van der Waals surface area contributed by atoms with Gasteiger partial charge in [0, 0.05) is 51.6 Å². The molecule has 0 atom stereocenters. The zero-order chi connectivity index (χ0) is 26.5. The van der Waals surface area contributed by atoms with Gasteiger partial charge < -0.3 is 9.30 Å². The van der Waals surface area contributed by atoms with E-state index in [2.05, 4.69) is 41.3 Å². The van der Waals surface area contributed by atoms with E-state index in [4.69, 9.17) is 4.74 Å². The second-order valence-corrected chi connectivity index (χ2v) is 9.29. The lowest BCUT2D eigenvalue weighted by atomic mass is 9.97. The smallest absolute Gasteiger partial charge is 0.193 e. The third kappa shape index (κ3) is 5.56. The van der Waals surface area contributed by atoms with Gasteiger partial charge in [0.2, 0.25) is 0 Å². The molecule has 37 heavy (non-hydrogen) atoms. The van der Waals surface area contributed by atoms with Gasteiger partial charge in [-0.15, -0.1) is 0 Å². The summed E-state index contributed by atoms with van der Waals surface area (Å²) in [5, 5.41) is 2.09. The Balaban J connectivity index is 1.82. The van der Waals surface area contributed by atoms with Gasteiger partial charge in [0.05, 0.1) is 18.9 Å². The van der Waals surface area contributed by atoms with Crippen molar-refractivity contribution >= 4 is 39.1 Å². The molecule has 0 radical (unpaired) electrons. The number of aryl methyl sites for hydroxylation is 2. The number of carbonyl (C=O) groups is 2. The number of ketones is 2. The summed E-state index contributed by atoms with van der Waals surface area (Å²) in [6, 6.07) is 20.0. The number of Topliss-reactive ketones (excluding diaryl/α,β-unsaturated/α-hetero) is 1. The molecular formula is C32H34N2O3. The topological polar surface area (TPSA) is 60.7 Å². The molecule has 0 aliphatic carbocycles. The Kier molecular flexibility index (Phi) is 8.02. The number of allylic oxidation sites excluding steroid dienone is 1. The van der Waals surface area contributed by atoms with Crippen LogP contribution in [0.2, 0.25) is 0 Å². The highest BCUT2D eigenvalue weighted by Gasteiger charge is 2.17. The van der Waals surface area contributed by atoms with Crippen molar-refractivity contribution in [2.45, 2.75) is 47.1 Å². The van der Waals surface area contributed by atoms with Gasteiger partial charge in [0.1, 0.15) is 0 Å². The maximum Gasteiger partial charge on any atom is 0.193 e. The molecule has 5 nitrogen and oxygen atoms in total. The molecule has 4 rings (SSSR count). The number of hydrogen-bond acceptors (Lipinski definition) is 4. The first-order valence-corrected chi connectivity index (χ1v) is 12.8. The van der Waals surface area contributed by atoms with E-state index < -0.39 is 0 Å². The minimum absolute atomic E-state index is 0.0177. The highest BCUT2D eigenvalue weighted by atomic mass is 16.5. The largest absolute Gasteiger partial charge is 0.499 e. The van der Waals surface area contributed by atoms with E-state index in [1.165, 1.54) is 0 Å². The van der Waals surface area contributed by atoms with Crippen LogP contribution in [-0.2, 0) is 16.1 Å². The molecule has 0 saturated carbocycles. The van der Waals surface area contributed by atoms with E-state index in [9.17, 15) is 9.59 Å². The van der Waals surface area contributed by atoms with Crippen LogP contribution in [-0.4, -0.2) is 35.0 Å². The number of benzene rings is 3. The molecule has 0 aliphatic heterocycles. The lowest BCUT2D eigenvalue weighted by Gasteiger charge is -2.10. The first-order chi connectivity index (χ1) is 17.8. The van der Waals surface area contributed by atoms with Crippen LogP contribution in [0.1, 0.15) is 60.7 Å². The van der Waals surface area contributed by atoms with Gasteiger partial charge in [-0.1, -0.05) is 36.9 Å². The Morgan fingerprint density at radius 3 is 2.19 bits per heavy atom. The number of rotatable bonds is 11. The van der Waals surface area contributed by atoms with Crippen molar-refractivity contribution in [1.29, 1.82) is 0 Å². The van der Waals surface area contributed by atoms with E-state index in [1.54, 1.807) is 6.92 Å². The average Bonchev–Trinajstić information content (AvgIpc) is 3.20. The standard InChI is InChI=1S/C32H34N2O3/c1-6-34-30-16-13-24(29(33-20-22(4)35)15-12-23(5)37-7-2)18-27(30)28-19-25(14-17-31(28)34)32(36)26-11-9-8-10-21(26)3/h8-11,13-14,16-19H,5-7,12,15,20H2,1-4H3. The van der Waals surface area contributed by atoms with Crippen molar-refractivity contribution in [3.05, 3.63) is 95.3 Å². The van der Waals surface area contributed by atoms with Crippen LogP contribution < -0.4 is 0 Å². The number of carbonyl (C=O) groups excluding carboxylic acids is 2. The molecule has 0 spiro atoms. The summed E-state index contributed by atoms with van der Waals surface area (Å²) in [5.74, 6) is 0.747. The van der Waals surface area contributed by atoms with Gasteiger partial charge in [-0.3, -0.25) is 14.6 Å². The number of aromatic nitrogens is 1. The van der Waals surface area contributed by atoms with E-state index in [0.717, 1.165) is 50.8 Å². The van der Waals surface area contributed by atoms with Crippen molar-refractivity contribution in [1.82, 2.24) is 4.57 Å². The predicted molar refractivity (Wildman–Crippen MR) is 152 cm³/mol. The van der Waals surface area contributed by atoms with Crippen molar-refractivity contribution in [2.24, 2.45) is 4.99 Å². The third-order valence-corrected chi connectivity index (χ3v) is 6.65. The molecule has 1 aromatic heterocycles.